The van der Waals surface area contributed by atoms with Crippen LogP contribution in [0.3, 0.4) is 0 Å². The van der Waals surface area contributed by atoms with Crippen LogP contribution in [0.4, 0.5) is 5.69 Å². The highest BCUT2D eigenvalue weighted by Crippen LogP contribution is 2.25. The first-order valence-corrected chi connectivity index (χ1v) is 9.34. The van der Waals surface area contributed by atoms with Crippen LogP contribution in [0.25, 0.3) is 0 Å². The van der Waals surface area contributed by atoms with Crippen LogP contribution in [0.5, 0.6) is 11.5 Å². The highest BCUT2D eigenvalue weighted by Gasteiger charge is 2.17. The molecular formula is C22H27NO5. The van der Waals surface area contributed by atoms with Crippen LogP contribution in [0, 0.1) is 6.92 Å². The Hall–Kier alpha value is -3.02. The minimum absolute atomic E-state index is 0.299. The molecule has 0 aliphatic rings. The quantitative estimate of drug-likeness (QED) is 0.513. The van der Waals surface area contributed by atoms with Crippen LogP contribution in [0.2, 0.25) is 0 Å². The summed E-state index contributed by atoms with van der Waals surface area (Å²) in [6.07, 6.45) is 1.08. The van der Waals surface area contributed by atoms with Crippen molar-refractivity contribution in [2.75, 3.05) is 19.0 Å². The number of carbonyl (C=O) groups is 2. The van der Waals surface area contributed by atoms with E-state index in [1.165, 1.54) is 0 Å². The number of methoxy groups -OCH3 is 1. The summed E-state index contributed by atoms with van der Waals surface area (Å²) in [5, 5.41) is 2.82. The molecule has 0 aromatic heterocycles. The van der Waals surface area contributed by atoms with Gasteiger partial charge in [-0.2, -0.15) is 0 Å². The summed E-state index contributed by atoms with van der Waals surface area (Å²) in [4.78, 5) is 24.4. The van der Waals surface area contributed by atoms with E-state index >= 15 is 0 Å². The van der Waals surface area contributed by atoms with Crippen LogP contribution >= 0.6 is 0 Å². The van der Waals surface area contributed by atoms with Crippen LogP contribution in [-0.4, -0.2) is 31.7 Å². The van der Waals surface area contributed by atoms with E-state index < -0.39 is 6.10 Å². The zero-order valence-electron chi connectivity index (χ0n) is 16.8. The number of rotatable bonds is 9. The highest BCUT2D eigenvalue weighted by molar-refractivity contribution is 5.95. The number of esters is 1. The first-order chi connectivity index (χ1) is 13.4. The van der Waals surface area contributed by atoms with Gasteiger partial charge in [0, 0.05) is 0 Å². The lowest BCUT2D eigenvalue weighted by Gasteiger charge is -2.16. The van der Waals surface area contributed by atoms with Gasteiger partial charge in [-0.15, -0.1) is 0 Å². The molecule has 0 saturated heterocycles. The van der Waals surface area contributed by atoms with Crippen molar-refractivity contribution >= 4 is 17.6 Å². The Labute approximate surface area is 165 Å². The Morgan fingerprint density at radius 2 is 1.82 bits per heavy atom. The predicted octanol–water partition coefficient (Wildman–Crippen LogP) is 4.37. The molecule has 2 aromatic carbocycles. The van der Waals surface area contributed by atoms with Crippen molar-refractivity contribution in [2.45, 2.75) is 39.7 Å². The van der Waals surface area contributed by atoms with Crippen LogP contribution in [-0.2, 0) is 9.53 Å². The minimum Gasteiger partial charge on any atom is -0.495 e. The fourth-order valence-corrected chi connectivity index (χ4v) is 2.47. The molecule has 150 valence electrons. The molecular weight excluding hydrogens is 358 g/mol. The molecule has 0 spiro atoms. The second-order valence-corrected chi connectivity index (χ2v) is 6.47. The SMILES string of the molecule is CCCCOC(=O)c1ccc(O[C@@H](C)C(=O)Nc2cc(C)ccc2OC)cc1. The molecule has 2 rings (SSSR count). The Bertz CT molecular complexity index is 801. The van der Waals surface area contributed by atoms with Crippen molar-refractivity contribution < 1.29 is 23.8 Å². The monoisotopic (exact) mass is 385 g/mol. The zero-order valence-corrected chi connectivity index (χ0v) is 16.8. The van der Waals surface area contributed by atoms with Gasteiger partial charge in [0.15, 0.2) is 6.10 Å². The zero-order chi connectivity index (χ0) is 20.5. The van der Waals surface area contributed by atoms with E-state index in [0.29, 0.717) is 29.4 Å². The lowest BCUT2D eigenvalue weighted by atomic mass is 10.2. The maximum absolute atomic E-state index is 12.5. The molecule has 0 radical (unpaired) electrons. The largest absolute Gasteiger partial charge is 0.495 e. The Kier molecular flexibility index (Phi) is 7.87. The van der Waals surface area contributed by atoms with Gasteiger partial charge in [0.1, 0.15) is 11.5 Å². The molecule has 0 aliphatic carbocycles. The number of amides is 1. The number of carbonyl (C=O) groups excluding carboxylic acids is 2. The molecule has 0 saturated carbocycles. The van der Waals surface area contributed by atoms with Gasteiger partial charge in [0.05, 0.1) is 25.0 Å². The molecule has 0 heterocycles. The molecule has 2 aromatic rings. The van der Waals surface area contributed by atoms with E-state index in [0.717, 1.165) is 18.4 Å². The highest BCUT2D eigenvalue weighted by atomic mass is 16.5. The summed E-state index contributed by atoms with van der Waals surface area (Å²) in [5.74, 6) is 0.408. The van der Waals surface area contributed by atoms with Gasteiger partial charge in [-0.25, -0.2) is 4.79 Å². The molecule has 1 amide bonds. The van der Waals surface area contributed by atoms with Crippen LogP contribution < -0.4 is 14.8 Å². The number of hydrogen-bond donors (Lipinski definition) is 1. The van der Waals surface area contributed by atoms with E-state index in [2.05, 4.69) is 5.32 Å². The van der Waals surface area contributed by atoms with Gasteiger partial charge in [-0.1, -0.05) is 19.4 Å². The molecule has 28 heavy (non-hydrogen) atoms. The molecule has 0 aliphatic heterocycles. The van der Waals surface area contributed by atoms with Crippen LogP contribution in [0.15, 0.2) is 42.5 Å². The lowest BCUT2D eigenvalue weighted by molar-refractivity contribution is -0.122. The van der Waals surface area contributed by atoms with Crippen molar-refractivity contribution in [1.29, 1.82) is 0 Å². The van der Waals surface area contributed by atoms with Crippen molar-refractivity contribution in [3.05, 3.63) is 53.6 Å². The molecule has 6 nitrogen and oxygen atoms in total. The number of aryl methyl sites for hydroxylation is 1. The molecule has 6 heteroatoms. The smallest absolute Gasteiger partial charge is 0.338 e. The number of anilines is 1. The van der Waals surface area contributed by atoms with Gasteiger partial charge in [-0.05, 0) is 62.2 Å². The number of unbranched alkanes of at least 4 members (excludes halogenated alkanes) is 1. The summed E-state index contributed by atoms with van der Waals surface area (Å²) in [5.41, 5.74) is 2.05. The topological polar surface area (TPSA) is 73.9 Å². The standard InChI is InChI=1S/C22H27NO5/c1-5-6-13-27-22(25)17-8-10-18(11-9-17)28-16(3)21(24)23-19-14-15(2)7-12-20(19)26-4/h7-12,14,16H,5-6,13H2,1-4H3,(H,23,24)/t16-/m0/s1. The third-order valence-corrected chi connectivity index (χ3v) is 4.12. The summed E-state index contributed by atoms with van der Waals surface area (Å²) in [7, 11) is 1.55. The van der Waals surface area contributed by atoms with E-state index in [1.54, 1.807) is 44.4 Å². The number of hydrogen-bond acceptors (Lipinski definition) is 5. The fraction of sp³-hybridized carbons (Fsp3) is 0.364. The molecule has 0 bridgehead atoms. The summed E-state index contributed by atoms with van der Waals surface area (Å²) < 4.78 is 16.1. The van der Waals surface area contributed by atoms with Gasteiger partial charge < -0.3 is 19.5 Å². The Balaban J connectivity index is 1.95. The summed E-state index contributed by atoms with van der Waals surface area (Å²) in [6.45, 7) is 6.04. The second-order valence-electron chi connectivity index (χ2n) is 6.47. The number of nitrogens with one attached hydrogen (secondary N) is 1. The summed E-state index contributed by atoms with van der Waals surface area (Å²) >= 11 is 0. The average molecular weight is 385 g/mol. The maximum atomic E-state index is 12.5. The lowest BCUT2D eigenvalue weighted by Crippen LogP contribution is -2.30. The number of benzene rings is 2. The number of ether oxygens (including phenoxy) is 3. The third kappa shape index (κ3) is 6.01. The molecule has 0 unspecified atom stereocenters. The normalized spacial score (nSPS) is 11.4. The van der Waals surface area contributed by atoms with Gasteiger partial charge >= 0.3 is 5.97 Å². The summed E-state index contributed by atoms with van der Waals surface area (Å²) in [6, 6.07) is 12.1. The Morgan fingerprint density at radius 3 is 2.46 bits per heavy atom. The van der Waals surface area contributed by atoms with Gasteiger partial charge in [0.2, 0.25) is 0 Å². The maximum Gasteiger partial charge on any atom is 0.338 e. The minimum atomic E-state index is -0.729. The van der Waals surface area contributed by atoms with E-state index in [9.17, 15) is 9.59 Å². The molecule has 1 N–H and O–H groups in total. The van der Waals surface area contributed by atoms with Gasteiger partial charge in [0.25, 0.3) is 5.91 Å². The van der Waals surface area contributed by atoms with Crippen molar-refractivity contribution in [3.63, 3.8) is 0 Å². The fourth-order valence-electron chi connectivity index (χ4n) is 2.47. The first-order valence-electron chi connectivity index (χ1n) is 9.34. The first kappa shape index (κ1) is 21.3. The average Bonchev–Trinajstić information content (AvgIpc) is 2.68. The molecule has 0 fully saturated rings. The predicted molar refractivity (Wildman–Crippen MR) is 108 cm³/mol. The van der Waals surface area contributed by atoms with Crippen molar-refractivity contribution in [1.82, 2.24) is 0 Å². The second kappa shape index (κ2) is 10.3. The van der Waals surface area contributed by atoms with E-state index in [4.69, 9.17) is 14.2 Å². The van der Waals surface area contributed by atoms with Gasteiger partial charge in [-0.3, -0.25) is 4.79 Å². The Morgan fingerprint density at radius 1 is 1.11 bits per heavy atom. The van der Waals surface area contributed by atoms with E-state index in [-0.39, 0.29) is 11.9 Å². The van der Waals surface area contributed by atoms with Crippen molar-refractivity contribution in [3.8, 4) is 11.5 Å². The third-order valence-electron chi connectivity index (χ3n) is 4.12. The van der Waals surface area contributed by atoms with Crippen molar-refractivity contribution in [2.24, 2.45) is 0 Å². The van der Waals surface area contributed by atoms with Crippen LogP contribution in [0.1, 0.15) is 42.6 Å². The van der Waals surface area contributed by atoms with E-state index in [1.807, 2.05) is 26.0 Å². The molecule has 1 atom stereocenters.